The molecule has 0 fully saturated rings. The van der Waals surface area contributed by atoms with E-state index in [-0.39, 0.29) is 35.1 Å². The van der Waals surface area contributed by atoms with Crippen molar-refractivity contribution in [2.45, 2.75) is 70.1 Å². The van der Waals surface area contributed by atoms with E-state index in [0.29, 0.717) is 23.6 Å². The number of hydrogen-bond acceptors (Lipinski definition) is 6. The highest BCUT2D eigenvalue weighted by Gasteiger charge is 2.65. The molecule has 4 aromatic rings. The van der Waals surface area contributed by atoms with Gasteiger partial charge >= 0.3 is 0 Å². The summed E-state index contributed by atoms with van der Waals surface area (Å²) in [6.45, 7) is 3.97. The molecule has 8 heteroatoms. The van der Waals surface area contributed by atoms with Crippen LogP contribution in [0, 0.1) is 0 Å². The number of hydrogen-bond donors (Lipinski definition) is 2. The topological polar surface area (TPSA) is 127 Å². The van der Waals surface area contributed by atoms with Gasteiger partial charge in [0, 0.05) is 0 Å². The smallest absolute Gasteiger partial charge is 0.264 e. The molecular formula is C35H36N4O4. The van der Waals surface area contributed by atoms with Crippen molar-refractivity contribution < 1.29 is 19.2 Å². The summed E-state index contributed by atoms with van der Waals surface area (Å²) in [7, 11) is 0. The molecule has 2 aliphatic rings. The molecule has 0 saturated carbocycles. The van der Waals surface area contributed by atoms with Gasteiger partial charge in [-0.25, -0.2) is 9.80 Å². The number of fused-ring (bicyclic) bond motifs is 6. The molecule has 2 heterocycles. The fourth-order valence-corrected chi connectivity index (χ4v) is 7.07. The highest BCUT2D eigenvalue weighted by atomic mass is 16.2. The van der Waals surface area contributed by atoms with E-state index in [1.165, 1.54) is 0 Å². The lowest BCUT2D eigenvalue weighted by molar-refractivity contribution is -0.0550. The Balaban J connectivity index is 1.61. The number of rotatable bonds is 10. The van der Waals surface area contributed by atoms with Crippen LogP contribution < -0.4 is 11.5 Å². The molecule has 0 bridgehead atoms. The van der Waals surface area contributed by atoms with Crippen LogP contribution in [0.1, 0.15) is 100 Å². The van der Waals surface area contributed by atoms with Crippen LogP contribution in [-0.4, -0.2) is 44.8 Å². The average Bonchev–Trinajstić information content (AvgIpc) is 3.42. The largest absolute Gasteiger partial charge is 0.310 e. The molecule has 6 rings (SSSR count). The number of nitrogens with two attached hydrogens (primary N) is 2. The Morgan fingerprint density at radius 2 is 1.05 bits per heavy atom. The molecule has 0 radical (unpaired) electrons. The van der Waals surface area contributed by atoms with Crippen molar-refractivity contribution in [2.24, 2.45) is 11.5 Å². The number of amides is 4. The van der Waals surface area contributed by atoms with E-state index >= 15 is 0 Å². The third-order valence-corrected chi connectivity index (χ3v) is 9.09. The number of unbranched alkanes of at least 4 members (excludes halogenated alkanes) is 3. The van der Waals surface area contributed by atoms with E-state index in [9.17, 15) is 19.2 Å². The van der Waals surface area contributed by atoms with Gasteiger partial charge in [-0.1, -0.05) is 100 Å². The van der Waals surface area contributed by atoms with Crippen molar-refractivity contribution in [1.29, 1.82) is 0 Å². The molecule has 8 nitrogen and oxygen atoms in total. The number of carbonyl (C=O) groups excluding carboxylic acids is 4. The van der Waals surface area contributed by atoms with Crippen LogP contribution >= 0.6 is 0 Å². The molecule has 0 atom stereocenters. The van der Waals surface area contributed by atoms with Crippen molar-refractivity contribution in [3.05, 3.63) is 95.1 Å². The van der Waals surface area contributed by atoms with E-state index in [4.69, 9.17) is 11.5 Å². The molecule has 43 heavy (non-hydrogen) atoms. The van der Waals surface area contributed by atoms with E-state index < -0.39 is 35.0 Å². The quantitative estimate of drug-likeness (QED) is 0.136. The summed E-state index contributed by atoms with van der Waals surface area (Å²) in [5, 5.41) is 2.82. The summed E-state index contributed by atoms with van der Waals surface area (Å²) in [6, 6.07) is 21.5. The van der Waals surface area contributed by atoms with Crippen LogP contribution in [0.2, 0.25) is 0 Å². The molecule has 0 spiro atoms. The summed E-state index contributed by atoms with van der Waals surface area (Å²) in [4.78, 5) is 60.2. The fourth-order valence-electron chi connectivity index (χ4n) is 7.07. The second kappa shape index (κ2) is 10.7. The van der Waals surface area contributed by atoms with Crippen LogP contribution in [0.4, 0.5) is 0 Å². The lowest BCUT2D eigenvalue weighted by atomic mass is 9.81. The summed E-state index contributed by atoms with van der Waals surface area (Å²) < 4.78 is 0. The summed E-state index contributed by atoms with van der Waals surface area (Å²) in [5.41, 5.74) is 11.1. The van der Waals surface area contributed by atoms with Gasteiger partial charge in [-0.15, -0.1) is 0 Å². The maximum Gasteiger partial charge on any atom is 0.264 e. The number of benzene rings is 4. The van der Waals surface area contributed by atoms with Gasteiger partial charge in [-0.3, -0.25) is 19.2 Å². The third kappa shape index (κ3) is 4.12. The highest BCUT2D eigenvalue weighted by Crippen LogP contribution is 2.46. The minimum atomic E-state index is -1.96. The first-order valence-corrected chi connectivity index (χ1v) is 15.1. The molecule has 0 aliphatic carbocycles. The second-order valence-corrected chi connectivity index (χ2v) is 11.7. The SMILES string of the molecule is CCCCCCC(N1C(=O)c2ccc3ccccc3c2C1=O)(N1C(=O)c2ccc3ccccc3c2C1=O)C(N)(N)CCC. The highest BCUT2D eigenvalue weighted by molar-refractivity contribution is 6.30. The Morgan fingerprint density at radius 1 is 0.558 bits per heavy atom. The zero-order valence-corrected chi connectivity index (χ0v) is 24.6. The van der Waals surface area contributed by atoms with E-state index in [1.54, 1.807) is 36.4 Å². The number of imide groups is 2. The van der Waals surface area contributed by atoms with Crippen molar-refractivity contribution in [1.82, 2.24) is 9.80 Å². The van der Waals surface area contributed by atoms with Crippen molar-refractivity contribution >= 4 is 45.2 Å². The molecule has 0 unspecified atom stereocenters. The average molecular weight is 577 g/mol. The first kappa shape index (κ1) is 28.7. The van der Waals surface area contributed by atoms with Crippen molar-refractivity contribution in [2.75, 3.05) is 0 Å². The normalized spacial score (nSPS) is 15.3. The maximum atomic E-state index is 14.6. The zero-order valence-electron chi connectivity index (χ0n) is 24.6. The van der Waals surface area contributed by atoms with Crippen molar-refractivity contribution in [3.63, 3.8) is 0 Å². The minimum Gasteiger partial charge on any atom is -0.310 e. The van der Waals surface area contributed by atoms with E-state index in [1.807, 2.05) is 43.3 Å². The lowest BCUT2D eigenvalue weighted by Crippen LogP contribution is -2.81. The second-order valence-electron chi connectivity index (χ2n) is 11.7. The maximum absolute atomic E-state index is 14.6. The molecule has 0 aromatic heterocycles. The molecule has 2 aliphatic heterocycles. The Labute approximate surface area is 250 Å². The van der Waals surface area contributed by atoms with Crippen LogP contribution in [0.5, 0.6) is 0 Å². The molecule has 4 amide bonds. The Kier molecular flexibility index (Phi) is 7.15. The summed E-state index contributed by atoms with van der Waals surface area (Å²) in [5.74, 6) is -2.44. The molecule has 4 N–H and O–H groups in total. The predicted octanol–water partition coefficient (Wildman–Crippen LogP) is 5.97. The third-order valence-electron chi connectivity index (χ3n) is 9.09. The summed E-state index contributed by atoms with van der Waals surface area (Å²) >= 11 is 0. The van der Waals surface area contributed by atoms with Crippen LogP contribution in [0.15, 0.2) is 72.8 Å². The van der Waals surface area contributed by atoms with Crippen LogP contribution in [0.25, 0.3) is 21.5 Å². The first-order valence-electron chi connectivity index (χ1n) is 15.1. The van der Waals surface area contributed by atoms with Gasteiger partial charge < -0.3 is 11.5 Å². The van der Waals surface area contributed by atoms with Crippen LogP contribution in [0.3, 0.4) is 0 Å². The van der Waals surface area contributed by atoms with Crippen molar-refractivity contribution in [3.8, 4) is 0 Å². The Morgan fingerprint density at radius 3 is 1.51 bits per heavy atom. The molecular weight excluding hydrogens is 540 g/mol. The van der Waals surface area contributed by atoms with Gasteiger partial charge in [-0.2, -0.15) is 0 Å². The standard InChI is InChI=1S/C35H36N4O4/c1-3-5-6-11-21-35(34(36,37)20-4-2,38-30(40)26-18-16-22-12-7-9-14-24(22)28(26)32(38)42)39-31(41)27-19-17-23-13-8-10-15-25(23)29(27)33(39)43/h7-10,12-19H,3-6,11,20-21,36-37H2,1-2H3. The van der Waals surface area contributed by atoms with Gasteiger partial charge in [0.2, 0.25) is 0 Å². The van der Waals surface area contributed by atoms with Crippen LogP contribution in [-0.2, 0) is 0 Å². The number of carbonyl (C=O) groups is 4. The Bertz CT molecular complexity index is 1700. The zero-order chi connectivity index (χ0) is 30.5. The number of nitrogens with zero attached hydrogens (tertiary/aromatic N) is 2. The minimum absolute atomic E-state index is 0.0623. The lowest BCUT2D eigenvalue weighted by Gasteiger charge is -2.54. The fraction of sp³-hybridized carbons (Fsp3) is 0.314. The van der Waals surface area contributed by atoms with Gasteiger partial charge in [0.25, 0.3) is 23.6 Å². The first-order chi connectivity index (χ1) is 20.7. The van der Waals surface area contributed by atoms with Gasteiger partial charge in [0.15, 0.2) is 5.66 Å². The predicted molar refractivity (Wildman–Crippen MR) is 166 cm³/mol. The van der Waals surface area contributed by atoms with Gasteiger partial charge in [-0.05, 0) is 52.9 Å². The monoisotopic (exact) mass is 576 g/mol. The van der Waals surface area contributed by atoms with Gasteiger partial charge in [0.05, 0.1) is 22.3 Å². The van der Waals surface area contributed by atoms with E-state index in [0.717, 1.165) is 39.8 Å². The van der Waals surface area contributed by atoms with Gasteiger partial charge in [0.1, 0.15) is 5.66 Å². The molecule has 0 saturated heterocycles. The van der Waals surface area contributed by atoms with E-state index in [2.05, 4.69) is 6.92 Å². The Hall–Kier alpha value is -4.40. The molecule has 4 aromatic carbocycles. The molecule has 220 valence electrons. The summed E-state index contributed by atoms with van der Waals surface area (Å²) in [6.07, 6.45) is 3.80.